The van der Waals surface area contributed by atoms with Gasteiger partial charge in [0, 0.05) is 6.07 Å². The first kappa shape index (κ1) is 17.2. The smallest absolute Gasteiger partial charge is 0.348 e. The number of urea groups is 1. The highest BCUT2D eigenvalue weighted by Crippen LogP contribution is 2.48. The number of nitrogens with one attached hydrogen (secondary N) is 1. The number of hydrogen-bond donors (Lipinski definition) is 4. The Morgan fingerprint density at radius 3 is 2.41 bits per heavy atom. The maximum Gasteiger partial charge on any atom is 0.348 e. The van der Waals surface area contributed by atoms with Crippen LogP contribution >= 0.6 is 0 Å². The van der Waals surface area contributed by atoms with Crippen molar-refractivity contribution in [2.24, 2.45) is 16.5 Å². The fourth-order valence-corrected chi connectivity index (χ4v) is 1.68. The summed E-state index contributed by atoms with van der Waals surface area (Å²) in [4.78, 5) is 15.1. The second-order valence-corrected chi connectivity index (χ2v) is 3.96. The third-order valence-electron chi connectivity index (χ3n) is 2.46. The van der Waals surface area contributed by atoms with Crippen molar-refractivity contribution in [3.05, 3.63) is 6.07 Å². The molecule has 0 aliphatic carbocycles. The summed E-state index contributed by atoms with van der Waals surface area (Å²) in [6, 6.07) is 0.596. The Hall–Kier alpha value is -2.84. The molecule has 122 valence electrons. The van der Waals surface area contributed by atoms with Crippen LogP contribution in [0.3, 0.4) is 0 Å². The van der Waals surface area contributed by atoms with E-state index in [-0.39, 0.29) is 35.3 Å². The van der Waals surface area contributed by atoms with Crippen LogP contribution in [-0.2, 0) is 0 Å². The zero-order valence-electron chi connectivity index (χ0n) is 12.7. The lowest BCUT2D eigenvalue weighted by Gasteiger charge is -2.18. The van der Waals surface area contributed by atoms with E-state index in [4.69, 9.17) is 25.7 Å². The Labute approximate surface area is 127 Å². The number of carbonyl (C=O) groups is 1. The van der Waals surface area contributed by atoms with Gasteiger partial charge in [0.15, 0.2) is 23.2 Å². The van der Waals surface area contributed by atoms with Gasteiger partial charge in [-0.25, -0.2) is 4.79 Å². The molecule has 1 aromatic rings. The van der Waals surface area contributed by atoms with E-state index < -0.39 is 12.0 Å². The van der Waals surface area contributed by atoms with Gasteiger partial charge in [-0.3, -0.25) is 5.32 Å². The number of aliphatic imine (C=N–C) groups is 1. The number of methoxy groups -OCH3 is 1. The normalized spacial score (nSPS) is 9.77. The maximum absolute atomic E-state index is 11.7. The minimum atomic E-state index is -0.827. The number of phenolic OH excluding ortho intramolecular Hbond substituents is 1. The van der Waals surface area contributed by atoms with Gasteiger partial charge in [-0.05, 0) is 13.8 Å². The Kier molecular flexibility index (Phi) is 6.11. The number of nitrogens with zero attached hydrogens (tertiary/aromatic N) is 1. The molecule has 0 radical (unpaired) electrons. The van der Waals surface area contributed by atoms with Crippen LogP contribution in [0.4, 0.5) is 10.5 Å². The van der Waals surface area contributed by atoms with Gasteiger partial charge in [-0.2, -0.15) is 4.99 Å². The summed E-state index contributed by atoms with van der Waals surface area (Å²) in [6.07, 6.45) is 0. The zero-order valence-corrected chi connectivity index (χ0v) is 12.7. The average Bonchev–Trinajstić information content (AvgIpc) is 2.44. The van der Waals surface area contributed by atoms with Gasteiger partial charge < -0.3 is 30.8 Å². The second-order valence-electron chi connectivity index (χ2n) is 3.96. The fraction of sp³-hybridized carbons (Fsp3) is 0.385. The van der Waals surface area contributed by atoms with E-state index in [9.17, 15) is 9.90 Å². The molecule has 22 heavy (non-hydrogen) atoms. The summed E-state index contributed by atoms with van der Waals surface area (Å²) in [6.45, 7) is 4.06. The first-order chi connectivity index (χ1) is 10.4. The third-order valence-corrected chi connectivity index (χ3v) is 2.46. The molecule has 1 rings (SSSR count). The Morgan fingerprint density at radius 1 is 1.27 bits per heavy atom. The minimum absolute atomic E-state index is 0.00411. The van der Waals surface area contributed by atoms with E-state index >= 15 is 0 Å². The molecule has 0 heterocycles. The SMILES string of the molecule is CCOc1cc(OC)c(O)c(OCC)c1NC(=O)N=C(N)N. The molecule has 9 nitrogen and oxygen atoms in total. The van der Waals surface area contributed by atoms with Crippen LogP contribution in [0.1, 0.15) is 13.8 Å². The van der Waals surface area contributed by atoms with Gasteiger partial charge in [0.1, 0.15) is 5.69 Å². The lowest BCUT2D eigenvalue weighted by atomic mass is 10.2. The van der Waals surface area contributed by atoms with E-state index in [0.717, 1.165) is 0 Å². The van der Waals surface area contributed by atoms with E-state index in [1.807, 2.05) is 0 Å². The number of rotatable bonds is 6. The molecule has 9 heteroatoms. The Bertz CT molecular complexity index is 570. The number of phenols is 1. The van der Waals surface area contributed by atoms with Gasteiger partial charge in [0.25, 0.3) is 0 Å². The number of benzene rings is 1. The highest BCUT2D eigenvalue weighted by atomic mass is 16.5. The number of carbonyl (C=O) groups excluding carboxylic acids is 1. The van der Waals surface area contributed by atoms with E-state index in [1.165, 1.54) is 13.2 Å². The van der Waals surface area contributed by atoms with Crippen LogP contribution in [0.15, 0.2) is 11.1 Å². The van der Waals surface area contributed by atoms with Gasteiger partial charge in [0.05, 0.1) is 20.3 Å². The number of anilines is 1. The van der Waals surface area contributed by atoms with Crippen LogP contribution in [-0.4, -0.2) is 37.4 Å². The predicted octanol–water partition coefficient (Wildman–Crippen LogP) is 1.00. The topological polar surface area (TPSA) is 141 Å². The van der Waals surface area contributed by atoms with E-state index in [0.29, 0.717) is 6.61 Å². The molecule has 0 bridgehead atoms. The summed E-state index contributed by atoms with van der Waals surface area (Å²) < 4.78 is 15.9. The average molecular weight is 312 g/mol. The molecule has 6 N–H and O–H groups in total. The molecule has 0 saturated carbocycles. The van der Waals surface area contributed by atoms with Crippen LogP contribution in [0.5, 0.6) is 23.0 Å². The van der Waals surface area contributed by atoms with Gasteiger partial charge in [-0.1, -0.05) is 0 Å². The number of amides is 2. The second kappa shape index (κ2) is 7.81. The summed E-state index contributed by atoms with van der Waals surface area (Å²) >= 11 is 0. The Morgan fingerprint density at radius 2 is 1.91 bits per heavy atom. The number of ether oxygens (including phenoxy) is 3. The highest BCUT2D eigenvalue weighted by Gasteiger charge is 2.22. The van der Waals surface area contributed by atoms with Gasteiger partial charge in [-0.15, -0.1) is 0 Å². The van der Waals surface area contributed by atoms with Gasteiger partial charge >= 0.3 is 6.03 Å². The molecule has 0 aliphatic rings. The summed E-state index contributed by atoms with van der Waals surface area (Å²) in [5, 5.41) is 12.6. The van der Waals surface area contributed by atoms with Crippen molar-refractivity contribution >= 4 is 17.7 Å². The van der Waals surface area contributed by atoms with E-state index in [1.54, 1.807) is 13.8 Å². The van der Waals surface area contributed by atoms with Crippen molar-refractivity contribution in [2.45, 2.75) is 13.8 Å². The molecule has 0 spiro atoms. The molecular weight excluding hydrogens is 292 g/mol. The van der Waals surface area contributed by atoms with Crippen LogP contribution in [0.25, 0.3) is 0 Å². The molecule has 0 aliphatic heterocycles. The number of guanidine groups is 1. The number of nitrogens with two attached hydrogens (primary N) is 2. The molecule has 2 amide bonds. The zero-order chi connectivity index (χ0) is 16.7. The third kappa shape index (κ3) is 4.08. The first-order valence-corrected chi connectivity index (χ1v) is 6.54. The van der Waals surface area contributed by atoms with Crippen LogP contribution in [0.2, 0.25) is 0 Å². The minimum Gasteiger partial charge on any atom is -0.502 e. The monoisotopic (exact) mass is 312 g/mol. The molecule has 0 saturated heterocycles. The predicted molar refractivity (Wildman–Crippen MR) is 81.8 cm³/mol. The highest BCUT2D eigenvalue weighted by molar-refractivity contribution is 6.00. The van der Waals surface area contributed by atoms with Crippen molar-refractivity contribution in [1.29, 1.82) is 0 Å². The lowest BCUT2D eigenvalue weighted by molar-refractivity contribution is 0.258. The van der Waals surface area contributed by atoms with Crippen molar-refractivity contribution in [3.8, 4) is 23.0 Å². The molecular formula is C13H20N4O5. The molecule has 0 fully saturated rings. The van der Waals surface area contributed by atoms with Crippen LogP contribution < -0.4 is 31.0 Å². The molecule has 1 aromatic carbocycles. The molecule has 0 aromatic heterocycles. The fourth-order valence-electron chi connectivity index (χ4n) is 1.68. The van der Waals surface area contributed by atoms with Gasteiger partial charge in [0.2, 0.25) is 5.75 Å². The van der Waals surface area contributed by atoms with Crippen molar-refractivity contribution in [1.82, 2.24) is 0 Å². The van der Waals surface area contributed by atoms with Crippen molar-refractivity contribution < 1.29 is 24.1 Å². The lowest BCUT2D eigenvalue weighted by Crippen LogP contribution is -2.25. The van der Waals surface area contributed by atoms with Crippen LogP contribution in [0, 0.1) is 0 Å². The largest absolute Gasteiger partial charge is 0.502 e. The quantitative estimate of drug-likeness (QED) is 0.453. The van der Waals surface area contributed by atoms with Crippen molar-refractivity contribution in [3.63, 3.8) is 0 Å². The summed E-state index contributed by atoms with van der Waals surface area (Å²) in [5.41, 5.74) is 10.4. The molecule has 0 unspecified atom stereocenters. The maximum atomic E-state index is 11.7. The Balaban J connectivity index is 3.39. The first-order valence-electron chi connectivity index (χ1n) is 6.54. The van der Waals surface area contributed by atoms with Crippen molar-refractivity contribution in [2.75, 3.05) is 25.6 Å². The standard InChI is InChI=1S/C13H20N4O5/c1-4-21-7-6-8(20-3)10(18)11(22-5-2)9(7)16-13(19)17-12(14)15/h6,18H,4-5H2,1-3H3,(H5,14,15,16,17,19). The van der Waals surface area contributed by atoms with E-state index in [2.05, 4.69) is 10.3 Å². The number of aromatic hydroxyl groups is 1. The summed E-state index contributed by atoms with van der Waals surface area (Å²) in [5.74, 6) is -0.269. The summed E-state index contributed by atoms with van der Waals surface area (Å²) in [7, 11) is 1.39. The molecule has 0 atom stereocenters. The number of hydrogen-bond acceptors (Lipinski definition) is 5.